The van der Waals surface area contributed by atoms with Crippen molar-refractivity contribution >= 4 is 23.5 Å². The van der Waals surface area contributed by atoms with E-state index in [0.717, 1.165) is 5.69 Å². The second-order valence-corrected chi connectivity index (χ2v) is 5.28. The fraction of sp³-hybridized carbons (Fsp3) is 0.400. The first kappa shape index (κ1) is 15.8. The van der Waals surface area contributed by atoms with Gasteiger partial charge in [0.2, 0.25) is 11.8 Å². The fourth-order valence-electron chi connectivity index (χ4n) is 2.40. The Balaban J connectivity index is 1.96. The minimum Gasteiger partial charge on any atom is -0.481 e. The second kappa shape index (κ2) is 6.46. The molecule has 2 rings (SSSR count). The van der Waals surface area contributed by atoms with Crippen LogP contribution in [-0.4, -0.2) is 54.0 Å². The molecule has 118 valence electrons. The van der Waals surface area contributed by atoms with Crippen LogP contribution in [0.15, 0.2) is 24.3 Å². The fourth-order valence-corrected chi connectivity index (χ4v) is 2.40. The van der Waals surface area contributed by atoms with Crippen LogP contribution < -0.4 is 10.6 Å². The van der Waals surface area contributed by atoms with Crippen LogP contribution >= 0.6 is 0 Å². The number of aliphatic carboxylic acids is 1. The van der Waals surface area contributed by atoms with Gasteiger partial charge in [0, 0.05) is 37.4 Å². The number of carboxylic acids is 1. The van der Waals surface area contributed by atoms with Gasteiger partial charge in [0.15, 0.2) is 0 Å². The van der Waals surface area contributed by atoms with Crippen LogP contribution in [0.2, 0.25) is 0 Å². The molecule has 1 fully saturated rings. The van der Waals surface area contributed by atoms with Gasteiger partial charge in [-0.25, -0.2) is 0 Å². The number of amides is 2. The predicted octanol–water partition coefficient (Wildman–Crippen LogP) is 0.155. The maximum Gasteiger partial charge on any atom is 0.315 e. The predicted molar refractivity (Wildman–Crippen MR) is 80.6 cm³/mol. The zero-order valence-corrected chi connectivity index (χ0v) is 12.4. The summed E-state index contributed by atoms with van der Waals surface area (Å²) in [5.41, 5.74) is 6.60. The van der Waals surface area contributed by atoms with Crippen molar-refractivity contribution < 1.29 is 19.5 Å². The number of hydrogen-bond acceptors (Lipinski definition) is 4. The van der Waals surface area contributed by atoms with Crippen LogP contribution in [0.25, 0.3) is 0 Å². The van der Waals surface area contributed by atoms with Crippen LogP contribution in [0.5, 0.6) is 0 Å². The van der Waals surface area contributed by atoms with Crippen LogP contribution in [0.1, 0.15) is 17.3 Å². The Morgan fingerprint density at radius 2 is 1.64 bits per heavy atom. The van der Waals surface area contributed by atoms with Gasteiger partial charge in [0.25, 0.3) is 0 Å². The van der Waals surface area contributed by atoms with Crippen molar-refractivity contribution in [2.24, 2.45) is 11.7 Å². The highest BCUT2D eigenvalue weighted by Gasteiger charge is 2.28. The van der Waals surface area contributed by atoms with E-state index < -0.39 is 17.8 Å². The standard InChI is InChI=1S/C15H19N3O4/c1-10(15(21)22)14(20)18-8-6-17(7-9-18)12-4-2-11(3-5-12)13(16)19/h2-5,10H,6-9H2,1H3,(H2,16,19)(H,21,22). The number of nitrogens with zero attached hydrogens (tertiary/aromatic N) is 2. The lowest BCUT2D eigenvalue weighted by Gasteiger charge is -2.36. The molecule has 22 heavy (non-hydrogen) atoms. The van der Waals surface area contributed by atoms with Gasteiger partial charge >= 0.3 is 5.97 Å². The molecule has 7 nitrogen and oxygen atoms in total. The van der Waals surface area contributed by atoms with Crippen molar-refractivity contribution in [3.63, 3.8) is 0 Å². The van der Waals surface area contributed by atoms with E-state index in [2.05, 4.69) is 4.90 Å². The van der Waals surface area contributed by atoms with E-state index in [1.54, 1.807) is 17.0 Å². The van der Waals surface area contributed by atoms with Crippen molar-refractivity contribution in [1.29, 1.82) is 0 Å². The highest BCUT2D eigenvalue weighted by Crippen LogP contribution is 2.18. The minimum atomic E-state index is -1.10. The monoisotopic (exact) mass is 305 g/mol. The zero-order valence-electron chi connectivity index (χ0n) is 12.4. The molecule has 0 bridgehead atoms. The lowest BCUT2D eigenvalue weighted by atomic mass is 10.1. The zero-order chi connectivity index (χ0) is 16.3. The molecule has 0 saturated carbocycles. The van der Waals surface area contributed by atoms with E-state index in [4.69, 9.17) is 10.8 Å². The Labute approximate surface area is 128 Å². The summed E-state index contributed by atoms with van der Waals surface area (Å²) in [7, 11) is 0. The molecule has 1 atom stereocenters. The lowest BCUT2D eigenvalue weighted by Crippen LogP contribution is -2.51. The molecule has 1 aliphatic heterocycles. The van der Waals surface area contributed by atoms with Crippen molar-refractivity contribution in [3.05, 3.63) is 29.8 Å². The smallest absolute Gasteiger partial charge is 0.315 e. The highest BCUT2D eigenvalue weighted by molar-refractivity contribution is 5.96. The Hall–Kier alpha value is -2.57. The molecule has 3 N–H and O–H groups in total. The van der Waals surface area contributed by atoms with Crippen LogP contribution in [0.3, 0.4) is 0 Å². The van der Waals surface area contributed by atoms with Crippen molar-refractivity contribution in [1.82, 2.24) is 4.90 Å². The number of carboxylic acid groups (broad SMARTS) is 1. The van der Waals surface area contributed by atoms with Gasteiger partial charge in [-0.05, 0) is 31.2 Å². The number of rotatable bonds is 4. The number of piperazine rings is 1. The average Bonchev–Trinajstić information content (AvgIpc) is 2.53. The molecular formula is C15H19N3O4. The van der Waals surface area contributed by atoms with Crippen molar-refractivity contribution in [3.8, 4) is 0 Å². The van der Waals surface area contributed by atoms with E-state index in [1.165, 1.54) is 6.92 Å². The van der Waals surface area contributed by atoms with Gasteiger partial charge in [-0.1, -0.05) is 0 Å². The van der Waals surface area contributed by atoms with Crippen LogP contribution in [0.4, 0.5) is 5.69 Å². The molecule has 1 heterocycles. The number of nitrogens with two attached hydrogens (primary N) is 1. The largest absolute Gasteiger partial charge is 0.481 e. The highest BCUT2D eigenvalue weighted by atomic mass is 16.4. The van der Waals surface area contributed by atoms with E-state index in [0.29, 0.717) is 31.7 Å². The normalized spacial score (nSPS) is 16.2. The van der Waals surface area contributed by atoms with E-state index in [9.17, 15) is 14.4 Å². The number of carbonyl (C=O) groups excluding carboxylic acids is 2. The Morgan fingerprint density at radius 1 is 1.09 bits per heavy atom. The van der Waals surface area contributed by atoms with E-state index in [1.807, 2.05) is 12.1 Å². The Bertz CT molecular complexity index is 577. The summed E-state index contributed by atoms with van der Waals surface area (Å²) < 4.78 is 0. The molecule has 0 aromatic heterocycles. The van der Waals surface area contributed by atoms with E-state index in [-0.39, 0.29) is 5.91 Å². The molecule has 1 aromatic carbocycles. The quantitative estimate of drug-likeness (QED) is 0.771. The molecule has 1 aliphatic rings. The third-order valence-corrected chi connectivity index (χ3v) is 3.85. The van der Waals surface area contributed by atoms with Gasteiger partial charge < -0.3 is 20.6 Å². The third kappa shape index (κ3) is 3.36. The number of anilines is 1. The van der Waals surface area contributed by atoms with Crippen LogP contribution in [-0.2, 0) is 9.59 Å². The maximum atomic E-state index is 12.0. The van der Waals surface area contributed by atoms with Crippen molar-refractivity contribution in [2.45, 2.75) is 6.92 Å². The molecule has 0 spiro atoms. The topological polar surface area (TPSA) is 104 Å². The maximum absolute atomic E-state index is 12.0. The summed E-state index contributed by atoms with van der Waals surface area (Å²) in [6.07, 6.45) is 0. The first-order chi connectivity index (χ1) is 10.4. The summed E-state index contributed by atoms with van der Waals surface area (Å²) in [6, 6.07) is 6.97. The lowest BCUT2D eigenvalue weighted by molar-refractivity contribution is -0.150. The van der Waals surface area contributed by atoms with Gasteiger partial charge in [-0.3, -0.25) is 14.4 Å². The first-order valence-electron chi connectivity index (χ1n) is 7.06. The molecular weight excluding hydrogens is 286 g/mol. The Kier molecular flexibility index (Phi) is 4.65. The summed E-state index contributed by atoms with van der Waals surface area (Å²) in [5.74, 6) is -2.93. The number of primary amides is 1. The van der Waals surface area contributed by atoms with Gasteiger partial charge in [-0.15, -0.1) is 0 Å². The SMILES string of the molecule is CC(C(=O)O)C(=O)N1CCN(c2ccc(C(N)=O)cc2)CC1. The molecule has 0 radical (unpaired) electrons. The minimum absolute atomic E-state index is 0.351. The molecule has 1 unspecified atom stereocenters. The molecule has 2 amide bonds. The molecule has 1 saturated heterocycles. The van der Waals surface area contributed by atoms with Crippen molar-refractivity contribution in [2.75, 3.05) is 31.1 Å². The summed E-state index contributed by atoms with van der Waals surface area (Å²) in [5, 5.41) is 8.89. The first-order valence-corrected chi connectivity index (χ1v) is 7.06. The molecule has 1 aromatic rings. The Morgan fingerprint density at radius 3 is 2.09 bits per heavy atom. The number of hydrogen-bond donors (Lipinski definition) is 2. The van der Waals surface area contributed by atoms with Gasteiger partial charge in [0.1, 0.15) is 5.92 Å². The summed E-state index contributed by atoms with van der Waals surface area (Å²) in [4.78, 5) is 37.5. The van der Waals surface area contributed by atoms with Gasteiger partial charge in [-0.2, -0.15) is 0 Å². The van der Waals surface area contributed by atoms with E-state index >= 15 is 0 Å². The number of benzene rings is 1. The van der Waals surface area contributed by atoms with Gasteiger partial charge in [0.05, 0.1) is 0 Å². The average molecular weight is 305 g/mol. The summed E-state index contributed by atoms with van der Waals surface area (Å²) >= 11 is 0. The molecule has 0 aliphatic carbocycles. The second-order valence-electron chi connectivity index (χ2n) is 5.28. The number of carbonyl (C=O) groups is 3. The third-order valence-electron chi connectivity index (χ3n) is 3.85. The van der Waals surface area contributed by atoms with Crippen LogP contribution in [0, 0.1) is 5.92 Å². The molecule has 7 heteroatoms. The summed E-state index contributed by atoms with van der Waals surface area (Å²) in [6.45, 7) is 3.60.